The van der Waals surface area contributed by atoms with Crippen LogP contribution in [0, 0.1) is 6.92 Å². The Morgan fingerprint density at radius 3 is 2.81 bits per heavy atom. The van der Waals surface area contributed by atoms with Crippen LogP contribution in [-0.2, 0) is 20.9 Å². The molecule has 6 heteroatoms. The van der Waals surface area contributed by atoms with Crippen LogP contribution in [0.25, 0.3) is 0 Å². The smallest absolute Gasteiger partial charge is 0.323 e. The van der Waals surface area contributed by atoms with Gasteiger partial charge in [0.05, 0.1) is 6.42 Å². The number of esters is 1. The van der Waals surface area contributed by atoms with Gasteiger partial charge in [0, 0.05) is 23.8 Å². The fourth-order valence-corrected chi connectivity index (χ4v) is 3.16. The van der Waals surface area contributed by atoms with Crippen LogP contribution in [-0.4, -0.2) is 36.0 Å². The summed E-state index contributed by atoms with van der Waals surface area (Å²) in [7, 11) is 0. The van der Waals surface area contributed by atoms with E-state index in [1.165, 1.54) is 0 Å². The molecule has 1 atom stereocenters. The second kappa shape index (κ2) is 8.34. The summed E-state index contributed by atoms with van der Waals surface area (Å²) in [5.41, 5.74) is 2.66. The van der Waals surface area contributed by atoms with Gasteiger partial charge in [0.1, 0.15) is 12.6 Å². The number of benzene rings is 2. The Hall–Kier alpha value is -2.37. The van der Waals surface area contributed by atoms with Crippen LogP contribution in [0.2, 0.25) is 5.02 Å². The highest BCUT2D eigenvalue weighted by molar-refractivity contribution is 6.31. The van der Waals surface area contributed by atoms with Crippen molar-refractivity contribution in [2.24, 2.45) is 0 Å². The number of ether oxygens (including phenoxy) is 1. The number of carbonyl (C=O) groups is 2. The first kappa shape index (κ1) is 18.4. The number of anilines is 1. The molecular formula is C20H21ClN2O3. The monoisotopic (exact) mass is 372 g/mol. The van der Waals surface area contributed by atoms with E-state index < -0.39 is 6.04 Å². The highest BCUT2D eigenvalue weighted by atomic mass is 35.5. The van der Waals surface area contributed by atoms with E-state index in [4.69, 9.17) is 16.3 Å². The van der Waals surface area contributed by atoms with Gasteiger partial charge in [-0.3, -0.25) is 14.5 Å². The zero-order valence-electron chi connectivity index (χ0n) is 14.6. The van der Waals surface area contributed by atoms with Crippen LogP contribution in [0.5, 0.6) is 0 Å². The number of rotatable bonds is 5. The maximum atomic E-state index is 12.5. The minimum Gasteiger partial charge on any atom is -0.463 e. The molecule has 1 aliphatic rings. The third kappa shape index (κ3) is 4.62. The van der Waals surface area contributed by atoms with Crippen molar-refractivity contribution in [1.82, 2.24) is 4.90 Å². The van der Waals surface area contributed by atoms with Gasteiger partial charge in [0.2, 0.25) is 5.91 Å². The molecule has 1 fully saturated rings. The summed E-state index contributed by atoms with van der Waals surface area (Å²) >= 11 is 6.00. The number of morpholine rings is 1. The number of nitrogens with zero attached hydrogens (tertiary/aromatic N) is 1. The molecule has 0 aliphatic carbocycles. The molecular weight excluding hydrogens is 352 g/mol. The van der Waals surface area contributed by atoms with E-state index in [9.17, 15) is 9.59 Å². The van der Waals surface area contributed by atoms with E-state index in [2.05, 4.69) is 5.32 Å². The van der Waals surface area contributed by atoms with Crippen LogP contribution in [0.4, 0.5) is 5.69 Å². The van der Waals surface area contributed by atoms with Crippen molar-refractivity contribution in [3.05, 3.63) is 64.7 Å². The molecule has 1 aliphatic heterocycles. The number of cyclic esters (lactones) is 1. The highest BCUT2D eigenvalue weighted by Gasteiger charge is 2.33. The second-order valence-corrected chi connectivity index (χ2v) is 6.79. The van der Waals surface area contributed by atoms with E-state index in [0.29, 0.717) is 30.4 Å². The second-order valence-electron chi connectivity index (χ2n) is 6.35. The first-order valence-corrected chi connectivity index (χ1v) is 8.91. The molecule has 0 unspecified atom stereocenters. The van der Waals surface area contributed by atoms with Gasteiger partial charge in [0.25, 0.3) is 0 Å². The van der Waals surface area contributed by atoms with Gasteiger partial charge in [-0.15, -0.1) is 0 Å². The average molecular weight is 373 g/mol. The molecule has 5 nitrogen and oxygen atoms in total. The molecule has 1 N–H and O–H groups in total. The van der Waals surface area contributed by atoms with Gasteiger partial charge in [-0.1, -0.05) is 48.0 Å². The van der Waals surface area contributed by atoms with E-state index in [1.54, 1.807) is 12.1 Å². The summed E-state index contributed by atoms with van der Waals surface area (Å²) in [6.45, 7) is 3.44. The molecule has 1 amide bonds. The summed E-state index contributed by atoms with van der Waals surface area (Å²) in [5, 5.41) is 3.40. The third-order valence-electron chi connectivity index (χ3n) is 4.42. The standard InChI is InChI=1S/C20H21ClN2O3/c1-14-7-8-16(21)11-17(14)22-19(24)12-18-20(25)26-10-9-23(18)13-15-5-3-2-4-6-15/h2-8,11,18H,9-10,12-13H2,1H3,(H,22,24)/t18-/m0/s1. The zero-order valence-corrected chi connectivity index (χ0v) is 15.3. The summed E-state index contributed by atoms with van der Waals surface area (Å²) in [6.07, 6.45) is 0.0393. The SMILES string of the molecule is Cc1ccc(Cl)cc1NC(=O)C[C@H]1C(=O)OCCN1Cc1ccccc1. The first-order chi connectivity index (χ1) is 12.5. The lowest BCUT2D eigenvalue weighted by atomic mass is 10.1. The Morgan fingerprint density at radius 1 is 1.27 bits per heavy atom. The van der Waals surface area contributed by atoms with Crippen molar-refractivity contribution < 1.29 is 14.3 Å². The molecule has 26 heavy (non-hydrogen) atoms. The molecule has 0 saturated carbocycles. The van der Waals surface area contributed by atoms with E-state index in [0.717, 1.165) is 11.1 Å². The Morgan fingerprint density at radius 2 is 2.04 bits per heavy atom. The minimum absolute atomic E-state index is 0.0393. The van der Waals surface area contributed by atoms with Crippen LogP contribution in [0.15, 0.2) is 48.5 Å². The summed E-state index contributed by atoms with van der Waals surface area (Å²) in [5.74, 6) is -0.595. The van der Waals surface area contributed by atoms with Gasteiger partial charge >= 0.3 is 5.97 Å². The number of carbonyl (C=O) groups excluding carboxylic acids is 2. The van der Waals surface area contributed by atoms with E-state index in [-0.39, 0.29) is 18.3 Å². The first-order valence-electron chi connectivity index (χ1n) is 8.53. The van der Waals surface area contributed by atoms with Gasteiger partial charge < -0.3 is 10.1 Å². The Labute approximate surface area is 157 Å². The van der Waals surface area contributed by atoms with Crippen molar-refractivity contribution in [3.8, 4) is 0 Å². The molecule has 0 aromatic heterocycles. The number of halogens is 1. The van der Waals surface area contributed by atoms with Gasteiger partial charge in [-0.2, -0.15) is 0 Å². The van der Waals surface area contributed by atoms with Gasteiger partial charge in [-0.25, -0.2) is 0 Å². The molecule has 3 rings (SSSR count). The van der Waals surface area contributed by atoms with Crippen LogP contribution >= 0.6 is 11.6 Å². The van der Waals surface area contributed by atoms with Crippen molar-refractivity contribution in [3.63, 3.8) is 0 Å². The largest absolute Gasteiger partial charge is 0.463 e. The van der Waals surface area contributed by atoms with Crippen molar-refractivity contribution >= 4 is 29.2 Å². The summed E-state index contributed by atoms with van der Waals surface area (Å²) < 4.78 is 5.17. The quantitative estimate of drug-likeness (QED) is 0.817. The molecule has 0 radical (unpaired) electrons. The van der Waals surface area contributed by atoms with Crippen molar-refractivity contribution in [1.29, 1.82) is 0 Å². The van der Waals surface area contributed by atoms with Gasteiger partial charge in [0.15, 0.2) is 0 Å². The summed E-state index contributed by atoms with van der Waals surface area (Å²) in [4.78, 5) is 26.7. The lowest BCUT2D eigenvalue weighted by molar-refractivity contribution is -0.159. The fourth-order valence-electron chi connectivity index (χ4n) is 2.99. The molecule has 1 heterocycles. The van der Waals surface area contributed by atoms with Crippen molar-refractivity contribution in [2.45, 2.75) is 25.9 Å². The van der Waals surface area contributed by atoms with Crippen LogP contribution < -0.4 is 5.32 Å². The highest BCUT2D eigenvalue weighted by Crippen LogP contribution is 2.22. The maximum absolute atomic E-state index is 12.5. The molecule has 2 aromatic carbocycles. The molecule has 0 spiro atoms. The topological polar surface area (TPSA) is 58.6 Å². The lowest BCUT2D eigenvalue weighted by Crippen LogP contribution is -2.49. The number of nitrogens with one attached hydrogen (secondary N) is 1. The molecule has 1 saturated heterocycles. The van der Waals surface area contributed by atoms with Crippen LogP contribution in [0.3, 0.4) is 0 Å². The van der Waals surface area contributed by atoms with Crippen molar-refractivity contribution in [2.75, 3.05) is 18.5 Å². The Kier molecular flexibility index (Phi) is 5.91. The lowest BCUT2D eigenvalue weighted by Gasteiger charge is -2.33. The van der Waals surface area contributed by atoms with Crippen LogP contribution in [0.1, 0.15) is 17.5 Å². The number of amides is 1. The molecule has 136 valence electrons. The van der Waals surface area contributed by atoms with E-state index >= 15 is 0 Å². The number of hydrogen-bond acceptors (Lipinski definition) is 4. The Bertz CT molecular complexity index is 795. The minimum atomic E-state index is -0.594. The average Bonchev–Trinajstić information content (AvgIpc) is 2.62. The number of aryl methyl sites for hydroxylation is 1. The Balaban J connectivity index is 1.69. The number of hydrogen-bond donors (Lipinski definition) is 1. The zero-order chi connectivity index (χ0) is 18.5. The maximum Gasteiger partial charge on any atom is 0.323 e. The molecule has 2 aromatic rings. The van der Waals surface area contributed by atoms with E-state index in [1.807, 2.05) is 48.2 Å². The summed E-state index contributed by atoms with van der Waals surface area (Å²) in [6, 6.07) is 14.6. The fraction of sp³-hybridized carbons (Fsp3) is 0.300. The van der Waals surface area contributed by atoms with Gasteiger partial charge in [-0.05, 0) is 30.2 Å². The molecule has 0 bridgehead atoms. The third-order valence-corrected chi connectivity index (χ3v) is 4.65. The predicted octanol–water partition coefficient (Wildman–Crippen LogP) is 3.40. The normalized spacial score (nSPS) is 17.6. The predicted molar refractivity (Wildman–Crippen MR) is 101 cm³/mol.